The standard InChI is InChI=1S/C11H10N2O2S2/c1-7-10(12-5-14)8(16-2)4-9(17-3)11(7)13-6-15/h4H,1-3H3. The van der Waals surface area contributed by atoms with Gasteiger partial charge in [-0.25, -0.2) is 9.59 Å². The number of carbonyl (C=O) groups excluding carboxylic acids is 2. The van der Waals surface area contributed by atoms with Crippen molar-refractivity contribution >= 4 is 47.1 Å². The summed E-state index contributed by atoms with van der Waals surface area (Å²) in [4.78, 5) is 29.9. The summed E-state index contributed by atoms with van der Waals surface area (Å²) in [7, 11) is 0. The van der Waals surface area contributed by atoms with Crippen LogP contribution in [0, 0.1) is 6.92 Å². The number of isocyanates is 2. The lowest BCUT2D eigenvalue weighted by Gasteiger charge is -2.11. The molecular formula is C11H10N2O2S2. The average molecular weight is 266 g/mol. The molecule has 0 fully saturated rings. The van der Waals surface area contributed by atoms with Gasteiger partial charge in [-0.1, -0.05) is 0 Å². The van der Waals surface area contributed by atoms with Crippen molar-refractivity contribution in [2.75, 3.05) is 12.5 Å². The van der Waals surface area contributed by atoms with Gasteiger partial charge in [0, 0.05) is 15.4 Å². The maximum atomic E-state index is 10.4. The summed E-state index contributed by atoms with van der Waals surface area (Å²) in [5, 5.41) is 0. The second kappa shape index (κ2) is 6.42. The number of nitrogens with zero attached hydrogens (tertiary/aromatic N) is 2. The van der Waals surface area contributed by atoms with Gasteiger partial charge in [-0.05, 0) is 25.5 Å². The molecule has 0 atom stereocenters. The van der Waals surface area contributed by atoms with E-state index in [9.17, 15) is 9.59 Å². The highest BCUT2D eigenvalue weighted by atomic mass is 32.2. The molecule has 0 aliphatic carbocycles. The van der Waals surface area contributed by atoms with Gasteiger partial charge in [0.2, 0.25) is 12.2 Å². The third kappa shape index (κ3) is 2.87. The number of rotatable bonds is 4. The molecule has 88 valence electrons. The Kier molecular flexibility index (Phi) is 5.19. The van der Waals surface area contributed by atoms with Gasteiger partial charge in [-0.15, -0.1) is 23.5 Å². The smallest absolute Gasteiger partial charge is 0.211 e. The molecule has 0 aromatic heterocycles. The van der Waals surface area contributed by atoms with E-state index in [1.54, 1.807) is 6.92 Å². The van der Waals surface area contributed by atoms with Crippen molar-refractivity contribution in [2.24, 2.45) is 9.98 Å². The molecule has 1 rings (SSSR count). The van der Waals surface area contributed by atoms with Crippen molar-refractivity contribution in [3.8, 4) is 0 Å². The lowest BCUT2D eigenvalue weighted by Crippen LogP contribution is -1.85. The molecule has 0 N–H and O–H groups in total. The third-order valence-electron chi connectivity index (χ3n) is 2.19. The molecule has 0 aliphatic rings. The normalized spacial score (nSPS) is 9.35. The van der Waals surface area contributed by atoms with Crippen molar-refractivity contribution in [3.05, 3.63) is 11.6 Å². The van der Waals surface area contributed by atoms with Crippen LogP contribution in [0.2, 0.25) is 0 Å². The monoisotopic (exact) mass is 266 g/mol. The second-order valence-corrected chi connectivity index (χ2v) is 4.71. The van der Waals surface area contributed by atoms with Gasteiger partial charge in [0.25, 0.3) is 0 Å². The lowest BCUT2D eigenvalue weighted by molar-refractivity contribution is 0.564. The Labute approximate surface area is 108 Å². The zero-order valence-electron chi connectivity index (χ0n) is 9.60. The van der Waals surface area contributed by atoms with Crippen LogP contribution in [0.4, 0.5) is 11.4 Å². The lowest BCUT2D eigenvalue weighted by atomic mass is 10.1. The molecule has 1 aromatic rings. The van der Waals surface area contributed by atoms with Crippen LogP contribution < -0.4 is 0 Å². The van der Waals surface area contributed by atoms with Gasteiger partial charge in [0.05, 0.1) is 11.4 Å². The first-order valence-electron chi connectivity index (χ1n) is 4.60. The Hall–Kier alpha value is -1.32. The van der Waals surface area contributed by atoms with Gasteiger partial charge in [-0.3, -0.25) is 0 Å². The van der Waals surface area contributed by atoms with E-state index >= 15 is 0 Å². The third-order valence-corrected chi connectivity index (χ3v) is 3.70. The predicted octanol–water partition coefficient (Wildman–Crippen LogP) is 3.37. The van der Waals surface area contributed by atoms with E-state index in [4.69, 9.17) is 0 Å². The minimum Gasteiger partial charge on any atom is -0.211 e. The van der Waals surface area contributed by atoms with Crippen LogP contribution in [-0.4, -0.2) is 24.7 Å². The van der Waals surface area contributed by atoms with Crippen LogP contribution in [0.25, 0.3) is 0 Å². The zero-order chi connectivity index (χ0) is 12.8. The summed E-state index contributed by atoms with van der Waals surface area (Å²) >= 11 is 2.96. The molecular weight excluding hydrogens is 256 g/mol. The highest BCUT2D eigenvalue weighted by Crippen LogP contribution is 2.42. The largest absolute Gasteiger partial charge is 0.240 e. The molecule has 0 saturated carbocycles. The first kappa shape index (κ1) is 13.7. The van der Waals surface area contributed by atoms with Gasteiger partial charge < -0.3 is 0 Å². The Bertz CT molecular complexity index is 487. The van der Waals surface area contributed by atoms with E-state index in [1.165, 1.54) is 35.7 Å². The Morgan fingerprint density at radius 1 is 1.00 bits per heavy atom. The van der Waals surface area contributed by atoms with Crippen LogP contribution in [0.15, 0.2) is 25.8 Å². The molecule has 0 saturated heterocycles. The van der Waals surface area contributed by atoms with Crippen molar-refractivity contribution in [1.82, 2.24) is 0 Å². The molecule has 6 heteroatoms. The van der Waals surface area contributed by atoms with Crippen molar-refractivity contribution < 1.29 is 9.59 Å². The van der Waals surface area contributed by atoms with Gasteiger partial charge in [0.15, 0.2) is 0 Å². The van der Waals surface area contributed by atoms with Crippen LogP contribution in [0.3, 0.4) is 0 Å². The van der Waals surface area contributed by atoms with Gasteiger partial charge in [0.1, 0.15) is 0 Å². The van der Waals surface area contributed by atoms with Gasteiger partial charge in [-0.2, -0.15) is 9.98 Å². The van der Waals surface area contributed by atoms with Crippen molar-refractivity contribution in [2.45, 2.75) is 16.7 Å². The van der Waals surface area contributed by atoms with E-state index in [2.05, 4.69) is 9.98 Å². The number of thioether (sulfide) groups is 2. The number of benzene rings is 1. The van der Waals surface area contributed by atoms with E-state index < -0.39 is 0 Å². The fraction of sp³-hybridized carbons (Fsp3) is 0.273. The molecule has 0 radical (unpaired) electrons. The zero-order valence-corrected chi connectivity index (χ0v) is 11.2. The highest BCUT2D eigenvalue weighted by molar-refractivity contribution is 7.99. The maximum absolute atomic E-state index is 10.4. The topological polar surface area (TPSA) is 58.9 Å². The minimum atomic E-state index is 0.513. The van der Waals surface area contributed by atoms with E-state index in [-0.39, 0.29) is 0 Å². The van der Waals surface area contributed by atoms with E-state index in [0.29, 0.717) is 16.9 Å². The van der Waals surface area contributed by atoms with Crippen LogP contribution in [-0.2, 0) is 9.59 Å². The molecule has 0 unspecified atom stereocenters. The van der Waals surface area contributed by atoms with Gasteiger partial charge >= 0.3 is 0 Å². The van der Waals surface area contributed by atoms with Crippen LogP contribution in [0.5, 0.6) is 0 Å². The molecule has 0 bridgehead atoms. The molecule has 17 heavy (non-hydrogen) atoms. The Morgan fingerprint density at radius 3 is 1.71 bits per heavy atom. The number of hydrogen-bond acceptors (Lipinski definition) is 6. The summed E-state index contributed by atoms with van der Waals surface area (Å²) < 4.78 is 0. The van der Waals surface area contributed by atoms with Crippen molar-refractivity contribution in [1.29, 1.82) is 0 Å². The molecule has 0 aliphatic heterocycles. The summed E-state index contributed by atoms with van der Waals surface area (Å²) in [6.45, 7) is 1.77. The summed E-state index contributed by atoms with van der Waals surface area (Å²) in [6.07, 6.45) is 6.83. The Balaban J connectivity index is 3.66. The Morgan fingerprint density at radius 2 is 1.41 bits per heavy atom. The predicted molar refractivity (Wildman–Crippen MR) is 70.3 cm³/mol. The van der Waals surface area contributed by atoms with E-state index in [0.717, 1.165) is 9.79 Å². The molecule has 0 spiro atoms. The SMILES string of the molecule is CSc1cc(SC)c(N=C=O)c(C)c1N=C=O. The summed E-state index contributed by atoms with van der Waals surface area (Å²) in [6, 6.07) is 1.86. The quantitative estimate of drug-likeness (QED) is 0.476. The minimum absolute atomic E-state index is 0.513. The fourth-order valence-electron chi connectivity index (χ4n) is 1.42. The first-order valence-corrected chi connectivity index (χ1v) is 7.05. The molecule has 0 heterocycles. The van der Waals surface area contributed by atoms with Crippen molar-refractivity contribution in [3.63, 3.8) is 0 Å². The fourth-order valence-corrected chi connectivity index (χ4v) is 2.75. The molecule has 1 aromatic carbocycles. The number of hydrogen-bond donors (Lipinski definition) is 0. The molecule has 4 nitrogen and oxygen atoms in total. The second-order valence-electron chi connectivity index (χ2n) is 3.01. The number of aliphatic imine (C=N–C) groups is 2. The van der Waals surface area contributed by atoms with Crippen LogP contribution >= 0.6 is 23.5 Å². The highest BCUT2D eigenvalue weighted by Gasteiger charge is 2.14. The average Bonchev–Trinajstić information content (AvgIpc) is 2.34. The summed E-state index contributed by atoms with van der Waals surface area (Å²) in [5.74, 6) is 0. The molecule has 0 amide bonds. The first-order chi connectivity index (χ1) is 8.19. The van der Waals surface area contributed by atoms with E-state index in [1.807, 2.05) is 18.6 Å². The summed E-state index contributed by atoms with van der Waals surface area (Å²) in [5.41, 5.74) is 1.71. The maximum Gasteiger partial charge on any atom is 0.240 e. The van der Waals surface area contributed by atoms with Crippen LogP contribution in [0.1, 0.15) is 5.56 Å².